The summed E-state index contributed by atoms with van der Waals surface area (Å²) in [6.45, 7) is 0.548. The summed E-state index contributed by atoms with van der Waals surface area (Å²) in [7, 11) is 0. The van der Waals surface area contributed by atoms with Crippen molar-refractivity contribution in [1.29, 1.82) is 0 Å². The molecule has 2 aromatic rings. The molecule has 1 aromatic carbocycles. The third-order valence-corrected chi connectivity index (χ3v) is 3.99. The van der Waals surface area contributed by atoms with Crippen LogP contribution in [0.3, 0.4) is 0 Å². The lowest BCUT2D eigenvalue weighted by Gasteiger charge is -2.18. The Balaban J connectivity index is 1.83. The van der Waals surface area contributed by atoms with Crippen LogP contribution in [0.2, 0.25) is 0 Å². The number of hydrogen-bond donors (Lipinski definition) is 2. The fourth-order valence-corrected chi connectivity index (χ4v) is 2.68. The Labute approximate surface area is 137 Å². The molecule has 0 spiro atoms. The second-order valence-electron chi connectivity index (χ2n) is 5.58. The first-order chi connectivity index (χ1) is 11.6. The van der Waals surface area contributed by atoms with Gasteiger partial charge in [0.25, 0.3) is 5.91 Å². The number of benzene rings is 1. The van der Waals surface area contributed by atoms with Crippen LogP contribution in [0.4, 0.5) is 15.9 Å². The van der Waals surface area contributed by atoms with Gasteiger partial charge in [-0.25, -0.2) is 9.37 Å². The lowest BCUT2D eigenvalue weighted by atomic mass is 10.1. The molecule has 1 fully saturated rings. The zero-order valence-corrected chi connectivity index (χ0v) is 12.8. The number of aliphatic carboxylic acids is 1. The highest BCUT2D eigenvalue weighted by molar-refractivity contribution is 5.99. The zero-order chi connectivity index (χ0) is 17.1. The van der Waals surface area contributed by atoms with E-state index in [0.717, 1.165) is 0 Å². The number of carbonyl (C=O) groups excluding carboxylic acids is 1. The highest BCUT2D eigenvalue weighted by Gasteiger charge is 2.32. The maximum absolute atomic E-state index is 13.8. The summed E-state index contributed by atoms with van der Waals surface area (Å²) >= 11 is 0. The molecule has 0 radical (unpaired) electrons. The minimum Gasteiger partial charge on any atom is -0.481 e. The van der Waals surface area contributed by atoms with E-state index in [4.69, 9.17) is 5.11 Å². The van der Waals surface area contributed by atoms with Gasteiger partial charge < -0.3 is 15.3 Å². The van der Waals surface area contributed by atoms with Gasteiger partial charge in [0, 0.05) is 19.3 Å². The first-order valence-electron chi connectivity index (χ1n) is 7.55. The van der Waals surface area contributed by atoms with Crippen molar-refractivity contribution in [3.63, 3.8) is 0 Å². The zero-order valence-electron chi connectivity index (χ0n) is 12.8. The summed E-state index contributed by atoms with van der Waals surface area (Å²) < 4.78 is 13.8. The largest absolute Gasteiger partial charge is 0.481 e. The highest BCUT2D eigenvalue weighted by Crippen LogP contribution is 2.24. The summed E-state index contributed by atoms with van der Waals surface area (Å²) in [5.74, 6) is -1.97. The van der Waals surface area contributed by atoms with Crippen molar-refractivity contribution >= 4 is 23.4 Å². The molecule has 2 heterocycles. The number of carboxylic acids is 1. The fourth-order valence-electron chi connectivity index (χ4n) is 2.68. The van der Waals surface area contributed by atoms with E-state index < -0.39 is 17.7 Å². The Hall–Kier alpha value is -2.96. The van der Waals surface area contributed by atoms with Gasteiger partial charge in [0.05, 0.1) is 17.2 Å². The van der Waals surface area contributed by atoms with Gasteiger partial charge in [0.2, 0.25) is 0 Å². The molecule has 24 heavy (non-hydrogen) atoms. The van der Waals surface area contributed by atoms with Crippen LogP contribution in [0.1, 0.15) is 16.8 Å². The Morgan fingerprint density at radius 3 is 2.75 bits per heavy atom. The highest BCUT2D eigenvalue weighted by atomic mass is 19.1. The van der Waals surface area contributed by atoms with Gasteiger partial charge >= 0.3 is 5.97 Å². The molecule has 0 bridgehead atoms. The number of hydrogen-bond acceptors (Lipinski definition) is 4. The van der Waals surface area contributed by atoms with Crippen LogP contribution in [0.25, 0.3) is 0 Å². The van der Waals surface area contributed by atoms with E-state index in [1.54, 1.807) is 30.3 Å². The van der Waals surface area contributed by atoms with E-state index in [2.05, 4.69) is 10.3 Å². The first kappa shape index (κ1) is 15.9. The molecule has 2 N–H and O–H groups in total. The number of carboxylic acid groups (broad SMARTS) is 1. The first-order valence-corrected chi connectivity index (χ1v) is 7.55. The van der Waals surface area contributed by atoms with Crippen molar-refractivity contribution in [1.82, 2.24) is 9.88 Å². The number of nitrogens with zero attached hydrogens (tertiary/aromatic N) is 2. The molecule has 1 atom stereocenters. The molecule has 1 aliphatic rings. The molecule has 124 valence electrons. The second kappa shape index (κ2) is 6.66. The number of carbonyl (C=O) groups is 2. The molecule has 0 unspecified atom stereocenters. The van der Waals surface area contributed by atoms with E-state index in [0.29, 0.717) is 13.0 Å². The molecule has 3 rings (SSSR count). The molecule has 1 saturated heterocycles. The summed E-state index contributed by atoms with van der Waals surface area (Å²) in [6, 6.07) is 9.31. The van der Waals surface area contributed by atoms with Crippen LogP contribution >= 0.6 is 0 Å². The van der Waals surface area contributed by atoms with Crippen molar-refractivity contribution in [2.45, 2.75) is 6.42 Å². The van der Waals surface area contributed by atoms with Gasteiger partial charge in [0.15, 0.2) is 0 Å². The van der Waals surface area contributed by atoms with Crippen molar-refractivity contribution in [2.24, 2.45) is 5.92 Å². The van der Waals surface area contributed by atoms with Crippen LogP contribution in [-0.4, -0.2) is 40.0 Å². The second-order valence-corrected chi connectivity index (χ2v) is 5.58. The number of halogens is 1. The SMILES string of the molecule is O=C(O)[C@@H]1CCN(C(=O)c2cccnc2Nc2ccccc2F)C1. The maximum Gasteiger partial charge on any atom is 0.308 e. The quantitative estimate of drug-likeness (QED) is 0.900. The van der Waals surface area contributed by atoms with Crippen molar-refractivity contribution < 1.29 is 19.1 Å². The number of likely N-dealkylation sites (tertiary alicyclic amines) is 1. The maximum atomic E-state index is 13.8. The van der Waals surface area contributed by atoms with Crippen LogP contribution < -0.4 is 5.32 Å². The Morgan fingerprint density at radius 1 is 1.25 bits per heavy atom. The topological polar surface area (TPSA) is 82.5 Å². The number of aromatic nitrogens is 1. The van der Waals surface area contributed by atoms with Crippen LogP contribution in [0.5, 0.6) is 0 Å². The standard InChI is InChI=1S/C17H16FN3O3/c18-13-5-1-2-6-14(13)20-15-12(4-3-8-19-15)16(22)21-9-7-11(10-21)17(23)24/h1-6,8,11H,7,9-10H2,(H,19,20)(H,23,24)/t11-/m1/s1. The van der Waals surface area contributed by atoms with E-state index >= 15 is 0 Å². The minimum absolute atomic E-state index is 0.169. The third-order valence-electron chi connectivity index (χ3n) is 3.99. The predicted octanol–water partition coefficient (Wildman–Crippen LogP) is 2.51. The predicted molar refractivity (Wildman–Crippen MR) is 85.6 cm³/mol. The average molecular weight is 329 g/mol. The molecule has 0 aliphatic carbocycles. The third kappa shape index (κ3) is 3.19. The molecule has 0 saturated carbocycles. The number of nitrogens with one attached hydrogen (secondary N) is 1. The van der Waals surface area contributed by atoms with E-state index in [-0.39, 0.29) is 29.5 Å². The summed E-state index contributed by atoms with van der Waals surface area (Å²) in [5.41, 5.74) is 0.502. The Kier molecular flexibility index (Phi) is 4.41. The lowest BCUT2D eigenvalue weighted by Crippen LogP contribution is -2.30. The van der Waals surface area contributed by atoms with Gasteiger partial charge in [-0.1, -0.05) is 12.1 Å². The Morgan fingerprint density at radius 2 is 2.04 bits per heavy atom. The van der Waals surface area contributed by atoms with Crippen molar-refractivity contribution in [3.8, 4) is 0 Å². The number of amides is 1. The molecular weight excluding hydrogens is 313 g/mol. The molecule has 7 heteroatoms. The van der Waals surface area contributed by atoms with E-state index in [1.807, 2.05) is 0 Å². The monoisotopic (exact) mass is 329 g/mol. The lowest BCUT2D eigenvalue weighted by molar-refractivity contribution is -0.141. The van der Waals surface area contributed by atoms with Crippen molar-refractivity contribution in [3.05, 3.63) is 54.0 Å². The minimum atomic E-state index is -0.902. The van der Waals surface area contributed by atoms with E-state index in [1.165, 1.54) is 17.2 Å². The van der Waals surface area contributed by atoms with Gasteiger partial charge in [-0.3, -0.25) is 9.59 Å². The Bertz CT molecular complexity index is 781. The molecule has 6 nitrogen and oxygen atoms in total. The summed E-state index contributed by atoms with van der Waals surface area (Å²) in [4.78, 5) is 29.3. The van der Waals surface area contributed by atoms with Gasteiger partial charge in [-0.2, -0.15) is 0 Å². The fraction of sp³-hybridized carbons (Fsp3) is 0.235. The molecule has 1 amide bonds. The van der Waals surface area contributed by atoms with Gasteiger partial charge in [-0.05, 0) is 30.7 Å². The average Bonchev–Trinajstić information content (AvgIpc) is 3.07. The van der Waals surface area contributed by atoms with Crippen molar-refractivity contribution in [2.75, 3.05) is 18.4 Å². The van der Waals surface area contributed by atoms with Crippen LogP contribution in [0, 0.1) is 11.7 Å². The molecule has 1 aliphatic heterocycles. The van der Waals surface area contributed by atoms with Gasteiger partial charge in [-0.15, -0.1) is 0 Å². The number of para-hydroxylation sites is 1. The van der Waals surface area contributed by atoms with Crippen LogP contribution in [-0.2, 0) is 4.79 Å². The number of rotatable bonds is 4. The number of pyridine rings is 1. The number of anilines is 2. The molecular formula is C17H16FN3O3. The smallest absolute Gasteiger partial charge is 0.308 e. The van der Waals surface area contributed by atoms with E-state index in [9.17, 15) is 14.0 Å². The summed E-state index contributed by atoms with van der Waals surface area (Å²) in [5, 5.41) is 11.9. The van der Waals surface area contributed by atoms with Gasteiger partial charge in [0.1, 0.15) is 11.6 Å². The molecule has 1 aromatic heterocycles. The normalized spacial score (nSPS) is 16.9. The van der Waals surface area contributed by atoms with Crippen LogP contribution in [0.15, 0.2) is 42.6 Å². The summed E-state index contributed by atoms with van der Waals surface area (Å²) in [6.07, 6.45) is 1.93.